The van der Waals surface area contributed by atoms with Gasteiger partial charge in [-0.3, -0.25) is 9.69 Å². The smallest absolute Gasteiger partial charge is 0.410 e. The van der Waals surface area contributed by atoms with Crippen LogP contribution in [0.3, 0.4) is 0 Å². The van der Waals surface area contributed by atoms with Crippen molar-refractivity contribution in [3.8, 4) is 0 Å². The number of fused-ring (bicyclic) bond motifs is 3. The van der Waals surface area contributed by atoms with Crippen molar-refractivity contribution < 1.29 is 29.3 Å². The second-order valence-electron chi connectivity index (χ2n) is 10.5. The Kier molecular flexibility index (Phi) is 5.15. The minimum absolute atomic E-state index is 0.0191. The van der Waals surface area contributed by atoms with Gasteiger partial charge in [-0.05, 0) is 52.9 Å². The third-order valence-electron chi connectivity index (χ3n) is 7.25. The lowest BCUT2D eigenvalue weighted by atomic mass is 9.70. The number of likely N-dealkylation sites (tertiary alicyclic amines) is 2. The van der Waals surface area contributed by atoms with Gasteiger partial charge in [0.25, 0.3) is 0 Å². The van der Waals surface area contributed by atoms with Gasteiger partial charge in [0.15, 0.2) is 0 Å². The van der Waals surface area contributed by atoms with E-state index in [1.807, 2.05) is 20.8 Å². The molecular weight excluding hydrogens is 390 g/mol. The molecule has 0 aromatic heterocycles. The van der Waals surface area contributed by atoms with Crippen LogP contribution in [0.1, 0.15) is 52.9 Å². The predicted octanol–water partition coefficient (Wildman–Crippen LogP) is 1.74. The molecule has 168 valence electrons. The zero-order valence-electron chi connectivity index (χ0n) is 18.0. The van der Waals surface area contributed by atoms with Crippen LogP contribution in [0.5, 0.6) is 0 Å². The maximum absolute atomic E-state index is 13.3. The van der Waals surface area contributed by atoms with Gasteiger partial charge in [-0.2, -0.15) is 0 Å². The lowest BCUT2D eigenvalue weighted by Crippen LogP contribution is -2.68. The van der Waals surface area contributed by atoms with E-state index in [0.29, 0.717) is 45.4 Å². The summed E-state index contributed by atoms with van der Waals surface area (Å²) in [5.74, 6) is -0.495. The van der Waals surface area contributed by atoms with Crippen LogP contribution < -0.4 is 0 Å². The summed E-state index contributed by atoms with van der Waals surface area (Å²) in [6, 6.07) is -1.06. The molecule has 9 nitrogen and oxygen atoms in total. The van der Waals surface area contributed by atoms with Crippen molar-refractivity contribution >= 4 is 18.1 Å². The number of aliphatic hydroxyl groups excluding tert-OH is 1. The van der Waals surface area contributed by atoms with Crippen LogP contribution in [0, 0.1) is 11.3 Å². The van der Waals surface area contributed by atoms with E-state index in [2.05, 4.69) is 0 Å². The van der Waals surface area contributed by atoms with Gasteiger partial charge >= 0.3 is 12.2 Å². The highest BCUT2D eigenvalue weighted by Gasteiger charge is 2.54. The number of ether oxygens (including phenoxy) is 1. The molecule has 30 heavy (non-hydrogen) atoms. The molecule has 2 bridgehead atoms. The van der Waals surface area contributed by atoms with E-state index in [0.717, 1.165) is 12.8 Å². The number of carbonyl (C=O) groups is 3. The second-order valence-corrected chi connectivity index (χ2v) is 10.5. The number of carbonyl (C=O) groups excluding carboxylic acids is 2. The number of amides is 3. The topological polar surface area (TPSA) is 111 Å². The maximum atomic E-state index is 13.3. The zero-order chi connectivity index (χ0) is 21.8. The van der Waals surface area contributed by atoms with Gasteiger partial charge in [-0.15, -0.1) is 0 Å². The van der Waals surface area contributed by atoms with Gasteiger partial charge in [0.1, 0.15) is 11.6 Å². The lowest BCUT2D eigenvalue weighted by molar-refractivity contribution is -0.155. The van der Waals surface area contributed by atoms with Crippen LogP contribution in [0.25, 0.3) is 0 Å². The molecule has 4 aliphatic heterocycles. The van der Waals surface area contributed by atoms with Crippen LogP contribution in [0.2, 0.25) is 0 Å². The molecular formula is C21H33N3O6. The van der Waals surface area contributed by atoms with Gasteiger partial charge < -0.3 is 24.7 Å². The van der Waals surface area contributed by atoms with Gasteiger partial charge in [-0.25, -0.2) is 9.59 Å². The van der Waals surface area contributed by atoms with E-state index >= 15 is 0 Å². The number of carboxylic acid groups (broad SMARTS) is 1. The first kappa shape index (κ1) is 21.2. The Bertz CT molecular complexity index is 719. The highest BCUT2D eigenvalue weighted by molar-refractivity contribution is 5.86. The van der Waals surface area contributed by atoms with E-state index < -0.39 is 23.8 Å². The first-order valence-electron chi connectivity index (χ1n) is 11.0. The van der Waals surface area contributed by atoms with Crippen LogP contribution >= 0.6 is 0 Å². The number of nitrogens with zero attached hydrogens (tertiary/aromatic N) is 3. The Morgan fingerprint density at radius 3 is 2.20 bits per heavy atom. The number of hydrogen-bond donors (Lipinski definition) is 2. The van der Waals surface area contributed by atoms with E-state index in [1.54, 1.807) is 9.80 Å². The largest absolute Gasteiger partial charge is 0.465 e. The Balaban J connectivity index is 1.35. The van der Waals surface area contributed by atoms with Gasteiger partial charge in [0.05, 0.1) is 6.10 Å². The second kappa shape index (κ2) is 7.28. The number of hydrogen-bond acceptors (Lipinski definition) is 5. The summed E-state index contributed by atoms with van der Waals surface area (Å²) in [6.45, 7) is 7.92. The van der Waals surface area contributed by atoms with Gasteiger partial charge in [0.2, 0.25) is 5.91 Å². The van der Waals surface area contributed by atoms with Crippen LogP contribution in [0.15, 0.2) is 0 Å². The van der Waals surface area contributed by atoms with E-state index in [-0.39, 0.29) is 29.4 Å². The summed E-state index contributed by atoms with van der Waals surface area (Å²) in [7, 11) is 0. The molecule has 0 unspecified atom stereocenters. The molecule has 4 saturated heterocycles. The average molecular weight is 424 g/mol. The molecule has 9 heteroatoms. The van der Waals surface area contributed by atoms with E-state index in [4.69, 9.17) is 4.74 Å². The molecule has 1 aliphatic carbocycles. The van der Waals surface area contributed by atoms with Crippen LogP contribution in [-0.2, 0) is 9.53 Å². The third kappa shape index (κ3) is 3.72. The molecule has 4 heterocycles. The average Bonchev–Trinajstić information content (AvgIpc) is 2.63. The Morgan fingerprint density at radius 2 is 1.67 bits per heavy atom. The number of piperidine rings is 3. The Morgan fingerprint density at radius 1 is 1.03 bits per heavy atom. The summed E-state index contributed by atoms with van der Waals surface area (Å²) in [5.41, 5.74) is -0.499. The van der Waals surface area contributed by atoms with Crippen molar-refractivity contribution in [1.82, 2.24) is 14.7 Å². The van der Waals surface area contributed by atoms with Crippen molar-refractivity contribution in [2.75, 3.05) is 26.2 Å². The van der Waals surface area contributed by atoms with E-state index in [1.165, 1.54) is 4.90 Å². The number of rotatable bonds is 1. The minimum atomic E-state index is -1.07. The summed E-state index contributed by atoms with van der Waals surface area (Å²) in [6.07, 6.45) is 1.41. The fourth-order valence-electron chi connectivity index (χ4n) is 5.70. The highest BCUT2D eigenvalue weighted by atomic mass is 16.6. The molecule has 4 atom stereocenters. The van der Waals surface area contributed by atoms with E-state index in [9.17, 15) is 24.6 Å². The summed E-state index contributed by atoms with van der Waals surface area (Å²) < 4.78 is 5.42. The standard InChI is InChI=1S/C21H33N3O6/c1-20(2,3)30-19(29)23-11-21(12-23)6-8-22(9-7-21)17(26)16-14-5-4-13(10-15(14)25)24(16)18(27)28/h13-16,25H,4-12H2,1-3H3,(H,27,28)/t13-,14+,15-,16-/m0/s1. The highest BCUT2D eigenvalue weighted by Crippen LogP contribution is 2.43. The molecule has 3 amide bonds. The molecule has 0 aromatic rings. The summed E-state index contributed by atoms with van der Waals surface area (Å²) in [4.78, 5) is 42.1. The molecule has 0 radical (unpaired) electrons. The normalized spacial score (nSPS) is 32.7. The quantitative estimate of drug-likeness (QED) is 0.665. The molecule has 5 aliphatic rings. The molecule has 5 rings (SSSR count). The third-order valence-corrected chi connectivity index (χ3v) is 7.25. The SMILES string of the molecule is CC(C)(C)OC(=O)N1CC2(CCN(C(=O)[C@@H]3[C@@H]4CC[C@@H](C[C@@H]4O)N3C(=O)O)CC2)C1. The van der Waals surface area contributed by atoms with Crippen molar-refractivity contribution in [3.63, 3.8) is 0 Å². The number of aliphatic hydroxyl groups is 1. The predicted molar refractivity (Wildman–Crippen MR) is 107 cm³/mol. The molecule has 2 N–H and O–H groups in total. The van der Waals surface area contributed by atoms with Crippen molar-refractivity contribution in [2.45, 2.75) is 76.7 Å². The molecule has 1 saturated carbocycles. The van der Waals surface area contributed by atoms with Crippen molar-refractivity contribution in [1.29, 1.82) is 0 Å². The van der Waals surface area contributed by atoms with Gasteiger partial charge in [-0.1, -0.05) is 0 Å². The first-order chi connectivity index (χ1) is 14.0. The van der Waals surface area contributed by atoms with Crippen LogP contribution in [-0.4, -0.2) is 93.0 Å². The maximum Gasteiger partial charge on any atom is 0.410 e. The van der Waals surface area contributed by atoms with Crippen molar-refractivity contribution in [2.24, 2.45) is 11.3 Å². The Labute approximate surface area is 176 Å². The fourth-order valence-corrected chi connectivity index (χ4v) is 5.70. The molecule has 1 spiro atoms. The van der Waals surface area contributed by atoms with Crippen LogP contribution in [0.4, 0.5) is 9.59 Å². The van der Waals surface area contributed by atoms with Gasteiger partial charge in [0, 0.05) is 43.6 Å². The monoisotopic (exact) mass is 423 g/mol. The fraction of sp³-hybridized carbons (Fsp3) is 0.857. The summed E-state index contributed by atoms with van der Waals surface area (Å²) >= 11 is 0. The molecule has 5 fully saturated rings. The zero-order valence-corrected chi connectivity index (χ0v) is 18.0. The molecule has 0 aromatic carbocycles. The first-order valence-corrected chi connectivity index (χ1v) is 11.0. The Hall–Kier alpha value is -2.03. The summed E-state index contributed by atoms with van der Waals surface area (Å²) in [5, 5.41) is 20.0. The van der Waals surface area contributed by atoms with Crippen molar-refractivity contribution in [3.05, 3.63) is 0 Å². The minimum Gasteiger partial charge on any atom is -0.465 e. The lowest BCUT2D eigenvalue weighted by Gasteiger charge is -2.55.